The van der Waals surface area contributed by atoms with E-state index in [2.05, 4.69) is 46.7 Å². The van der Waals surface area contributed by atoms with Crippen LogP contribution in [0.15, 0.2) is 30.3 Å². The van der Waals surface area contributed by atoms with Crippen LogP contribution in [0.1, 0.15) is 38.6 Å². The van der Waals surface area contributed by atoms with Crippen LogP contribution < -0.4 is 10.6 Å². The number of hydrogen-bond donors (Lipinski definition) is 2. The van der Waals surface area contributed by atoms with Crippen molar-refractivity contribution in [3.8, 4) is 0 Å². The Hall–Kier alpha value is -3.23. The quantitative estimate of drug-likeness (QED) is 0.365. The molecular formula is C19H25N7O2. The van der Waals surface area contributed by atoms with Gasteiger partial charge in [-0.05, 0) is 37.1 Å². The van der Waals surface area contributed by atoms with Crippen molar-refractivity contribution in [2.75, 3.05) is 23.7 Å². The summed E-state index contributed by atoms with van der Waals surface area (Å²) in [7, 11) is 0. The molecule has 9 nitrogen and oxygen atoms in total. The molecule has 0 bridgehead atoms. The van der Waals surface area contributed by atoms with Gasteiger partial charge in [-0.15, -0.1) is 15.3 Å². The Kier molecular flexibility index (Phi) is 5.43. The summed E-state index contributed by atoms with van der Waals surface area (Å²) < 4.78 is 1.76. The molecule has 2 N–H and O–H groups in total. The molecule has 0 aliphatic carbocycles. The maximum absolute atomic E-state index is 11.2. The third-order valence-corrected chi connectivity index (χ3v) is 4.26. The number of nitro groups is 1. The molecule has 0 fully saturated rings. The van der Waals surface area contributed by atoms with Gasteiger partial charge in [0.25, 0.3) is 5.69 Å². The van der Waals surface area contributed by atoms with Crippen LogP contribution in [-0.2, 0) is 5.41 Å². The maximum atomic E-state index is 11.2. The SMILES string of the molecule is Cc1ccc(NCCCNc2ccc3nnc(C(C)(C)C)n3n2)c([N+](=O)[O-])c1. The second-order valence-electron chi connectivity index (χ2n) is 7.75. The molecule has 0 atom stereocenters. The number of aryl methyl sites for hydroxylation is 1. The zero-order valence-corrected chi connectivity index (χ0v) is 16.6. The molecule has 2 heterocycles. The van der Waals surface area contributed by atoms with Crippen LogP contribution in [0.3, 0.4) is 0 Å². The third kappa shape index (κ3) is 4.36. The number of nitro benzene ring substituents is 1. The van der Waals surface area contributed by atoms with Gasteiger partial charge in [-0.1, -0.05) is 26.8 Å². The monoisotopic (exact) mass is 383 g/mol. The van der Waals surface area contributed by atoms with Crippen LogP contribution in [0.25, 0.3) is 5.65 Å². The fourth-order valence-electron chi connectivity index (χ4n) is 2.82. The van der Waals surface area contributed by atoms with E-state index in [0.717, 1.165) is 23.6 Å². The van der Waals surface area contributed by atoms with Crippen molar-refractivity contribution in [1.29, 1.82) is 0 Å². The van der Waals surface area contributed by atoms with E-state index in [-0.39, 0.29) is 16.0 Å². The minimum absolute atomic E-state index is 0.0994. The summed E-state index contributed by atoms with van der Waals surface area (Å²) >= 11 is 0. The minimum atomic E-state index is -0.362. The van der Waals surface area contributed by atoms with Gasteiger partial charge in [0.1, 0.15) is 11.5 Å². The lowest BCUT2D eigenvalue weighted by Crippen LogP contribution is -2.18. The number of nitrogens with zero attached hydrogens (tertiary/aromatic N) is 5. The molecule has 0 unspecified atom stereocenters. The number of nitrogens with one attached hydrogen (secondary N) is 2. The number of anilines is 2. The highest BCUT2D eigenvalue weighted by atomic mass is 16.6. The third-order valence-electron chi connectivity index (χ3n) is 4.26. The molecular weight excluding hydrogens is 358 g/mol. The Morgan fingerprint density at radius 3 is 2.57 bits per heavy atom. The molecule has 0 spiro atoms. The highest BCUT2D eigenvalue weighted by molar-refractivity contribution is 5.62. The number of hydrogen-bond acceptors (Lipinski definition) is 7. The molecule has 3 rings (SSSR count). The van der Waals surface area contributed by atoms with Crippen LogP contribution in [0.4, 0.5) is 17.2 Å². The maximum Gasteiger partial charge on any atom is 0.292 e. The van der Waals surface area contributed by atoms with Crippen LogP contribution in [0, 0.1) is 17.0 Å². The first-order valence-corrected chi connectivity index (χ1v) is 9.21. The lowest BCUT2D eigenvalue weighted by atomic mass is 9.96. The van der Waals surface area contributed by atoms with Gasteiger partial charge in [-0.2, -0.15) is 4.52 Å². The fourth-order valence-corrected chi connectivity index (χ4v) is 2.82. The van der Waals surface area contributed by atoms with E-state index in [4.69, 9.17) is 0 Å². The summed E-state index contributed by atoms with van der Waals surface area (Å²) in [5, 5.41) is 30.5. The standard InChI is InChI=1S/C19H25N7O2/c1-13-6-7-14(15(12-13)26(27)28)20-10-5-11-21-16-8-9-17-22-23-18(19(2,3)4)25(17)24-16/h6-9,12,20H,5,10-11H2,1-4H3,(H,21,24). The largest absolute Gasteiger partial charge is 0.379 e. The van der Waals surface area contributed by atoms with Gasteiger partial charge in [-0.3, -0.25) is 10.1 Å². The number of benzene rings is 1. The van der Waals surface area contributed by atoms with Crippen LogP contribution >= 0.6 is 0 Å². The van der Waals surface area contributed by atoms with E-state index in [1.165, 1.54) is 0 Å². The van der Waals surface area contributed by atoms with E-state index in [0.29, 0.717) is 24.4 Å². The Morgan fingerprint density at radius 1 is 1.11 bits per heavy atom. The Balaban J connectivity index is 1.57. The van der Waals surface area contributed by atoms with Gasteiger partial charge >= 0.3 is 0 Å². The zero-order chi connectivity index (χ0) is 20.3. The molecule has 0 radical (unpaired) electrons. The molecule has 0 aliphatic heterocycles. The van der Waals surface area contributed by atoms with E-state index >= 15 is 0 Å². The second kappa shape index (κ2) is 7.79. The molecule has 1 aromatic carbocycles. The van der Waals surface area contributed by atoms with Crippen molar-refractivity contribution in [3.63, 3.8) is 0 Å². The van der Waals surface area contributed by atoms with Crippen molar-refractivity contribution in [2.45, 2.75) is 39.5 Å². The molecule has 0 aliphatic rings. The van der Waals surface area contributed by atoms with Crippen LogP contribution in [-0.4, -0.2) is 37.8 Å². The molecule has 0 amide bonds. The second-order valence-corrected chi connectivity index (χ2v) is 7.75. The summed E-state index contributed by atoms with van der Waals surface area (Å²) in [6, 6.07) is 8.93. The van der Waals surface area contributed by atoms with Gasteiger partial charge in [0.15, 0.2) is 11.5 Å². The molecule has 28 heavy (non-hydrogen) atoms. The van der Waals surface area contributed by atoms with E-state index in [9.17, 15) is 10.1 Å². The summed E-state index contributed by atoms with van der Waals surface area (Å²) in [4.78, 5) is 10.8. The zero-order valence-electron chi connectivity index (χ0n) is 16.6. The van der Waals surface area contributed by atoms with Gasteiger partial charge in [0, 0.05) is 24.6 Å². The molecule has 2 aromatic heterocycles. The first-order valence-electron chi connectivity index (χ1n) is 9.21. The molecule has 148 valence electrons. The topological polar surface area (TPSA) is 110 Å². The average Bonchev–Trinajstić information content (AvgIpc) is 3.06. The fraction of sp³-hybridized carbons (Fsp3) is 0.421. The van der Waals surface area contributed by atoms with E-state index in [1.54, 1.807) is 16.6 Å². The van der Waals surface area contributed by atoms with Crippen molar-refractivity contribution in [3.05, 3.63) is 51.8 Å². The van der Waals surface area contributed by atoms with Gasteiger partial charge in [0.05, 0.1) is 4.92 Å². The summed E-state index contributed by atoms with van der Waals surface area (Å²) in [5.41, 5.74) is 2.06. The normalized spacial score (nSPS) is 11.6. The summed E-state index contributed by atoms with van der Waals surface area (Å²) in [6.45, 7) is 9.34. The molecule has 3 aromatic rings. The van der Waals surface area contributed by atoms with Crippen molar-refractivity contribution in [2.24, 2.45) is 0 Å². The van der Waals surface area contributed by atoms with E-state index in [1.807, 2.05) is 25.1 Å². The molecule has 0 saturated heterocycles. The first-order chi connectivity index (χ1) is 13.3. The van der Waals surface area contributed by atoms with Crippen molar-refractivity contribution < 1.29 is 4.92 Å². The van der Waals surface area contributed by atoms with Gasteiger partial charge in [0.2, 0.25) is 0 Å². The van der Waals surface area contributed by atoms with Crippen LogP contribution in [0.5, 0.6) is 0 Å². The Morgan fingerprint density at radius 2 is 1.86 bits per heavy atom. The highest BCUT2D eigenvalue weighted by Crippen LogP contribution is 2.25. The van der Waals surface area contributed by atoms with Crippen molar-refractivity contribution in [1.82, 2.24) is 19.8 Å². The number of rotatable bonds is 7. The Labute approximate surface area is 163 Å². The molecule has 9 heteroatoms. The summed E-state index contributed by atoms with van der Waals surface area (Å²) in [5.74, 6) is 1.54. The minimum Gasteiger partial charge on any atom is -0.379 e. The Bertz CT molecular complexity index is 992. The number of aromatic nitrogens is 4. The van der Waals surface area contributed by atoms with Crippen LogP contribution in [0.2, 0.25) is 0 Å². The van der Waals surface area contributed by atoms with Gasteiger partial charge < -0.3 is 10.6 Å². The lowest BCUT2D eigenvalue weighted by molar-refractivity contribution is -0.384. The smallest absolute Gasteiger partial charge is 0.292 e. The number of fused-ring (bicyclic) bond motifs is 1. The predicted octanol–water partition coefficient (Wildman–Crippen LogP) is 3.55. The van der Waals surface area contributed by atoms with Gasteiger partial charge in [-0.25, -0.2) is 0 Å². The average molecular weight is 383 g/mol. The van der Waals surface area contributed by atoms with E-state index < -0.39 is 0 Å². The lowest BCUT2D eigenvalue weighted by Gasteiger charge is -2.15. The molecule has 0 saturated carbocycles. The predicted molar refractivity (Wildman–Crippen MR) is 109 cm³/mol. The summed E-state index contributed by atoms with van der Waals surface area (Å²) in [6.07, 6.45) is 0.777. The first kappa shape index (κ1) is 19.5. The highest BCUT2D eigenvalue weighted by Gasteiger charge is 2.21. The van der Waals surface area contributed by atoms with Crippen molar-refractivity contribution >= 4 is 22.8 Å².